The second kappa shape index (κ2) is 10.1. The number of nitrogens with zero attached hydrogens (tertiary/aromatic N) is 1. The van der Waals surface area contributed by atoms with Crippen molar-refractivity contribution < 1.29 is 19.0 Å². The van der Waals surface area contributed by atoms with Crippen LogP contribution in [0.3, 0.4) is 0 Å². The van der Waals surface area contributed by atoms with E-state index in [-0.39, 0.29) is 12.9 Å². The molecule has 0 saturated carbocycles. The molecule has 0 amide bonds. The van der Waals surface area contributed by atoms with Crippen molar-refractivity contribution in [2.24, 2.45) is 5.92 Å². The standard InChI is InChI=1S/C12H21NO4/c1-4-15-11(16-5-2)8-7-10(9-13)12(14)17-6-3/h10-11H,4-8H2,1-3H3. The maximum Gasteiger partial charge on any atom is 0.323 e. The predicted octanol–water partition coefficient (Wildman–Crippen LogP) is 1.87. The second-order valence-electron chi connectivity index (χ2n) is 3.35. The van der Waals surface area contributed by atoms with Crippen LogP contribution in [-0.2, 0) is 19.0 Å². The molecule has 5 heteroatoms. The molecular formula is C12H21NO4. The van der Waals surface area contributed by atoms with Crippen molar-refractivity contribution in [2.75, 3.05) is 19.8 Å². The molecule has 0 spiro atoms. The number of ether oxygens (including phenoxy) is 3. The molecule has 17 heavy (non-hydrogen) atoms. The molecule has 0 heterocycles. The van der Waals surface area contributed by atoms with Crippen molar-refractivity contribution in [3.05, 3.63) is 0 Å². The van der Waals surface area contributed by atoms with Gasteiger partial charge in [0, 0.05) is 19.6 Å². The lowest BCUT2D eigenvalue weighted by molar-refractivity contribution is -0.151. The van der Waals surface area contributed by atoms with Crippen LogP contribution in [0, 0.1) is 17.2 Å². The van der Waals surface area contributed by atoms with Crippen LogP contribution in [0.2, 0.25) is 0 Å². The Balaban J connectivity index is 4.10. The van der Waals surface area contributed by atoms with Gasteiger partial charge in [-0.15, -0.1) is 0 Å². The van der Waals surface area contributed by atoms with Gasteiger partial charge in [-0.3, -0.25) is 4.79 Å². The predicted molar refractivity (Wildman–Crippen MR) is 62.0 cm³/mol. The van der Waals surface area contributed by atoms with Crippen molar-refractivity contribution >= 4 is 5.97 Å². The van der Waals surface area contributed by atoms with E-state index < -0.39 is 11.9 Å². The van der Waals surface area contributed by atoms with Gasteiger partial charge in [-0.1, -0.05) is 0 Å². The lowest BCUT2D eigenvalue weighted by Gasteiger charge is -2.17. The Hall–Kier alpha value is -1.12. The molecule has 0 aliphatic carbocycles. The number of hydrogen-bond acceptors (Lipinski definition) is 5. The summed E-state index contributed by atoms with van der Waals surface area (Å²) in [4.78, 5) is 11.4. The van der Waals surface area contributed by atoms with Gasteiger partial charge in [-0.25, -0.2) is 0 Å². The van der Waals surface area contributed by atoms with Crippen LogP contribution in [0.15, 0.2) is 0 Å². The molecule has 0 saturated heterocycles. The Morgan fingerprint density at radius 1 is 1.12 bits per heavy atom. The lowest BCUT2D eigenvalue weighted by atomic mass is 10.1. The molecule has 0 aromatic heterocycles. The highest BCUT2D eigenvalue weighted by Crippen LogP contribution is 2.13. The molecule has 0 radical (unpaired) electrons. The van der Waals surface area contributed by atoms with E-state index in [1.165, 1.54) is 0 Å². The van der Waals surface area contributed by atoms with Gasteiger partial charge < -0.3 is 14.2 Å². The van der Waals surface area contributed by atoms with Crippen LogP contribution >= 0.6 is 0 Å². The van der Waals surface area contributed by atoms with E-state index in [9.17, 15) is 4.79 Å². The van der Waals surface area contributed by atoms with E-state index >= 15 is 0 Å². The Kier molecular flexibility index (Phi) is 9.40. The summed E-state index contributed by atoms with van der Waals surface area (Å²) >= 11 is 0. The summed E-state index contributed by atoms with van der Waals surface area (Å²) in [6.07, 6.45) is 0.550. The number of carbonyl (C=O) groups excluding carboxylic acids is 1. The minimum atomic E-state index is -0.738. The molecule has 0 bridgehead atoms. The average Bonchev–Trinajstić information content (AvgIpc) is 2.30. The Labute approximate surface area is 103 Å². The van der Waals surface area contributed by atoms with Crippen LogP contribution in [-0.4, -0.2) is 32.1 Å². The fraction of sp³-hybridized carbons (Fsp3) is 0.833. The molecule has 0 aliphatic heterocycles. The number of hydrogen-bond donors (Lipinski definition) is 0. The first-order valence-corrected chi connectivity index (χ1v) is 5.98. The Bertz CT molecular complexity index is 243. The minimum Gasteiger partial charge on any atom is -0.465 e. The van der Waals surface area contributed by atoms with Crippen LogP contribution in [0.4, 0.5) is 0 Å². The summed E-state index contributed by atoms with van der Waals surface area (Å²) < 4.78 is 15.5. The SMILES string of the molecule is CCOC(=O)C(C#N)CCC(OCC)OCC. The van der Waals surface area contributed by atoms with Crippen LogP contribution < -0.4 is 0 Å². The van der Waals surface area contributed by atoms with E-state index in [0.717, 1.165) is 0 Å². The molecule has 0 fully saturated rings. The van der Waals surface area contributed by atoms with Gasteiger partial charge in [-0.05, 0) is 27.2 Å². The maximum atomic E-state index is 11.4. The number of carbonyl (C=O) groups is 1. The fourth-order valence-electron chi connectivity index (χ4n) is 1.37. The average molecular weight is 243 g/mol. The quantitative estimate of drug-likeness (QED) is 0.457. The highest BCUT2D eigenvalue weighted by Gasteiger charge is 2.21. The van der Waals surface area contributed by atoms with Crippen LogP contribution in [0.5, 0.6) is 0 Å². The van der Waals surface area contributed by atoms with Gasteiger partial charge in [0.2, 0.25) is 0 Å². The molecule has 0 N–H and O–H groups in total. The zero-order valence-corrected chi connectivity index (χ0v) is 10.8. The Morgan fingerprint density at radius 3 is 2.12 bits per heavy atom. The van der Waals surface area contributed by atoms with Gasteiger partial charge in [-0.2, -0.15) is 5.26 Å². The third-order valence-corrected chi connectivity index (χ3v) is 2.12. The van der Waals surface area contributed by atoms with Gasteiger partial charge in [0.05, 0.1) is 12.7 Å². The van der Waals surface area contributed by atoms with Gasteiger partial charge in [0.15, 0.2) is 6.29 Å². The zero-order chi connectivity index (χ0) is 13.1. The molecule has 0 aliphatic rings. The summed E-state index contributed by atoms with van der Waals surface area (Å²) in [5.41, 5.74) is 0. The Morgan fingerprint density at radius 2 is 1.71 bits per heavy atom. The van der Waals surface area contributed by atoms with Gasteiger partial charge >= 0.3 is 5.97 Å². The summed E-state index contributed by atoms with van der Waals surface area (Å²) in [6.45, 7) is 6.84. The molecule has 1 unspecified atom stereocenters. The van der Waals surface area contributed by atoms with Gasteiger partial charge in [0.1, 0.15) is 5.92 Å². The highest BCUT2D eigenvalue weighted by molar-refractivity contribution is 5.75. The normalized spacial score (nSPS) is 12.2. The van der Waals surface area contributed by atoms with Gasteiger partial charge in [0.25, 0.3) is 0 Å². The van der Waals surface area contributed by atoms with E-state index in [0.29, 0.717) is 26.1 Å². The molecule has 0 aromatic carbocycles. The monoisotopic (exact) mass is 243 g/mol. The van der Waals surface area contributed by atoms with E-state index in [1.54, 1.807) is 6.92 Å². The van der Waals surface area contributed by atoms with Crippen molar-refractivity contribution in [3.63, 3.8) is 0 Å². The first kappa shape index (κ1) is 15.9. The summed E-state index contributed by atoms with van der Waals surface area (Å²) in [5, 5.41) is 8.86. The third-order valence-electron chi connectivity index (χ3n) is 2.12. The number of nitriles is 1. The third kappa shape index (κ3) is 6.93. The molecule has 0 aromatic rings. The first-order chi connectivity index (χ1) is 8.19. The topological polar surface area (TPSA) is 68.6 Å². The largest absolute Gasteiger partial charge is 0.465 e. The number of esters is 1. The maximum absolute atomic E-state index is 11.4. The highest BCUT2D eigenvalue weighted by atomic mass is 16.7. The van der Waals surface area contributed by atoms with Crippen molar-refractivity contribution in [1.29, 1.82) is 5.26 Å². The molecule has 1 atom stereocenters. The summed E-state index contributed by atoms with van der Waals surface area (Å²) in [7, 11) is 0. The van der Waals surface area contributed by atoms with Crippen molar-refractivity contribution in [1.82, 2.24) is 0 Å². The zero-order valence-electron chi connectivity index (χ0n) is 10.8. The summed E-state index contributed by atoms with van der Waals surface area (Å²) in [5.74, 6) is -1.21. The fourth-order valence-corrected chi connectivity index (χ4v) is 1.37. The van der Waals surface area contributed by atoms with E-state index in [1.807, 2.05) is 19.9 Å². The van der Waals surface area contributed by atoms with Crippen molar-refractivity contribution in [2.45, 2.75) is 39.9 Å². The minimum absolute atomic E-state index is 0.289. The lowest BCUT2D eigenvalue weighted by Crippen LogP contribution is -2.22. The van der Waals surface area contributed by atoms with Crippen LogP contribution in [0.1, 0.15) is 33.6 Å². The molecule has 5 nitrogen and oxygen atoms in total. The first-order valence-electron chi connectivity index (χ1n) is 5.98. The summed E-state index contributed by atoms with van der Waals surface area (Å²) in [6, 6.07) is 1.94. The molecule has 0 rings (SSSR count). The molecule has 98 valence electrons. The second-order valence-corrected chi connectivity index (χ2v) is 3.35. The number of rotatable bonds is 9. The van der Waals surface area contributed by atoms with Crippen LogP contribution in [0.25, 0.3) is 0 Å². The smallest absolute Gasteiger partial charge is 0.323 e. The van der Waals surface area contributed by atoms with E-state index in [2.05, 4.69) is 0 Å². The van der Waals surface area contributed by atoms with Crippen molar-refractivity contribution in [3.8, 4) is 6.07 Å². The van der Waals surface area contributed by atoms with E-state index in [4.69, 9.17) is 19.5 Å². The molecular weight excluding hydrogens is 222 g/mol.